The fourth-order valence-electron chi connectivity index (χ4n) is 1.45. The molecule has 0 aliphatic heterocycles. The van der Waals surface area contributed by atoms with E-state index in [-0.39, 0.29) is 5.92 Å². The van der Waals surface area contributed by atoms with Crippen molar-refractivity contribution in [3.05, 3.63) is 29.3 Å². The number of nitrogens with one attached hydrogen (secondary N) is 1. The van der Waals surface area contributed by atoms with Crippen LogP contribution in [0.4, 0.5) is 8.78 Å². The molecule has 1 aromatic carbocycles. The van der Waals surface area contributed by atoms with Gasteiger partial charge in [0.1, 0.15) is 0 Å². The Morgan fingerprint density at radius 3 is 2.53 bits per heavy atom. The van der Waals surface area contributed by atoms with Crippen LogP contribution in [0.3, 0.4) is 0 Å². The first-order valence-corrected chi connectivity index (χ1v) is 6.00. The van der Waals surface area contributed by atoms with Crippen molar-refractivity contribution < 1.29 is 23.6 Å². The molecule has 104 valence electrons. The van der Waals surface area contributed by atoms with Gasteiger partial charge in [-0.3, -0.25) is 4.79 Å². The molecule has 1 aromatic rings. The highest BCUT2D eigenvalue weighted by atomic mass is 19.2. The topological polar surface area (TPSA) is 69.6 Å². The second kappa shape index (κ2) is 6.63. The van der Waals surface area contributed by atoms with Gasteiger partial charge in [0.15, 0.2) is 11.6 Å². The number of benzene rings is 1. The van der Waals surface area contributed by atoms with E-state index >= 15 is 0 Å². The van der Waals surface area contributed by atoms with Crippen molar-refractivity contribution >= 4 is 18.5 Å². The zero-order valence-corrected chi connectivity index (χ0v) is 10.8. The predicted molar refractivity (Wildman–Crippen MR) is 68.0 cm³/mol. The van der Waals surface area contributed by atoms with Gasteiger partial charge in [-0.2, -0.15) is 0 Å². The molecule has 0 radical (unpaired) electrons. The van der Waals surface area contributed by atoms with E-state index in [4.69, 9.17) is 10.0 Å². The summed E-state index contributed by atoms with van der Waals surface area (Å²) in [6, 6.07) is 2.00. The lowest BCUT2D eigenvalue weighted by atomic mass is 9.79. The van der Waals surface area contributed by atoms with E-state index in [1.165, 1.54) is 0 Å². The Kier molecular flexibility index (Phi) is 5.44. The molecule has 0 bridgehead atoms. The molecule has 1 rings (SSSR count). The van der Waals surface area contributed by atoms with Crippen LogP contribution >= 0.6 is 0 Å². The maximum atomic E-state index is 13.6. The minimum Gasteiger partial charge on any atom is -0.423 e. The second-order valence-electron chi connectivity index (χ2n) is 4.43. The average molecular weight is 271 g/mol. The Bertz CT molecular complexity index is 469. The summed E-state index contributed by atoms with van der Waals surface area (Å²) in [6.07, 6.45) is 0.854. The molecule has 0 aromatic heterocycles. The largest absolute Gasteiger partial charge is 0.491 e. The van der Waals surface area contributed by atoms with E-state index in [2.05, 4.69) is 5.32 Å². The Balaban J connectivity index is 2.90. The zero-order valence-electron chi connectivity index (χ0n) is 10.8. The van der Waals surface area contributed by atoms with Crippen molar-refractivity contribution in [3.8, 4) is 0 Å². The molecule has 0 aliphatic carbocycles. The first kappa shape index (κ1) is 15.6. The molecular weight excluding hydrogens is 255 g/mol. The van der Waals surface area contributed by atoms with Crippen LogP contribution in [0.5, 0.6) is 0 Å². The van der Waals surface area contributed by atoms with Gasteiger partial charge < -0.3 is 15.4 Å². The maximum Gasteiger partial charge on any atom is 0.491 e. The smallest absolute Gasteiger partial charge is 0.423 e. The Labute approximate surface area is 110 Å². The van der Waals surface area contributed by atoms with Gasteiger partial charge in [-0.15, -0.1) is 0 Å². The summed E-state index contributed by atoms with van der Waals surface area (Å²) in [5, 5.41) is 20.1. The Morgan fingerprint density at radius 2 is 2.00 bits per heavy atom. The van der Waals surface area contributed by atoms with Gasteiger partial charge in [0, 0.05) is 12.0 Å². The third-order valence-electron chi connectivity index (χ3n) is 2.94. The van der Waals surface area contributed by atoms with Crippen LogP contribution in [0.15, 0.2) is 12.1 Å². The van der Waals surface area contributed by atoms with E-state index in [0.717, 1.165) is 18.6 Å². The number of hydrogen-bond acceptors (Lipinski definition) is 3. The third-order valence-corrected chi connectivity index (χ3v) is 2.94. The normalized spacial score (nSPS) is 12.1. The standard InChI is InChI=1S/C12H16BF2NO3/c1-3-7(2)6-16-12(17)8-4-5-9(13(18)19)11(15)10(8)14/h4-5,7,18-19H,3,6H2,1-2H3,(H,16,17). The molecule has 1 atom stereocenters. The van der Waals surface area contributed by atoms with Crippen LogP contribution in [0.25, 0.3) is 0 Å². The summed E-state index contributed by atoms with van der Waals surface area (Å²) >= 11 is 0. The highest BCUT2D eigenvalue weighted by Gasteiger charge is 2.24. The maximum absolute atomic E-state index is 13.6. The average Bonchev–Trinajstić information content (AvgIpc) is 2.38. The summed E-state index contributed by atoms with van der Waals surface area (Å²) < 4.78 is 27.1. The van der Waals surface area contributed by atoms with Crippen molar-refractivity contribution in [2.45, 2.75) is 20.3 Å². The number of rotatable bonds is 5. The first-order valence-electron chi connectivity index (χ1n) is 6.00. The SMILES string of the molecule is CCC(C)CNC(=O)c1ccc(B(O)O)c(F)c1F. The van der Waals surface area contributed by atoms with Crippen LogP contribution in [0, 0.1) is 17.6 Å². The fraction of sp³-hybridized carbons (Fsp3) is 0.417. The predicted octanol–water partition coefficient (Wildman–Crippen LogP) is 0.421. The van der Waals surface area contributed by atoms with Gasteiger partial charge in [0.2, 0.25) is 0 Å². The van der Waals surface area contributed by atoms with Crippen molar-refractivity contribution in [2.24, 2.45) is 5.92 Å². The molecule has 0 aliphatic rings. The van der Waals surface area contributed by atoms with E-state index < -0.39 is 35.7 Å². The number of hydrogen-bond donors (Lipinski definition) is 3. The number of carbonyl (C=O) groups excluding carboxylic acids is 1. The Morgan fingerprint density at radius 1 is 1.37 bits per heavy atom. The van der Waals surface area contributed by atoms with Gasteiger partial charge in [0.25, 0.3) is 5.91 Å². The lowest BCUT2D eigenvalue weighted by Gasteiger charge is -2.11. The van der Waals surface area contributed by atoms with Gasteiger partial charge in [-0.25, -0.2) is 8.78 Å². The quantitative estimate of drug-likeness (QED) is 0.680. The van der Waals surface area contributed by atoms with E-state index in [1.54, 1.807) is 0 Å². The monoisotopic (exact) mass is 271 g/mol. The van der Waals surface area contributed by atoms with Crippen molar-refractivity contribution in [3.63, 3.8) is 0 Å². The van der Waals surface area contributed by atoms with Gasteiger partial charge in [-0.05, 0) is 12.0 Å². The second-order valence-corrected chi connectivity index (χ2v) is 4.43. The van der Waals surface area contributed by atoms with Crippen LogP contribution in [0.1, 0.15) is 30.6 Å². The fourth-order valence-corrected chi connectivity index (χ4v) is 1.45. The molecule has 7 heteroatoms. The van der Waals surface area contributed by atoms with Gasteiger partial charge in [0.05, 0.1) is 5.56 Å². The molecule has 0 spiro atoms. The molecule has 0 heterocycles. The van der Waals surface area contributed by atoms with Crippen LogP contribution in [0.2, 0.25) is 0 Å². The van der Waals surface area contributed by atoms with E-state index in [9.17, 15) is 13.6 Å². The minimum atomic E-state index is -2.12. The summed E-state index contributed by atoms with van der Waals surface area (Å²) in [5.41, 5.74) is -1.05. The van der Waals surface area contributed by atoms with Crippen molar-refractivity contribution in [1.29, 1.82) is 0 Å². The lowest BCUT2D eigenvalue weighted by Crippen LogP contribution is -2.35. The number of halogens is 2. The summed E-state index contributed by atoms with van der Waals surface area (Å²) in [5.74, 6) is -3.30. The third kappa shape index (κ3) is 3.75. The van der Waals surface area contributed by atoms with Crippen LogP contribution in [-0.4, -0.2) is 29.6 Å². The van der Waals surface area contributed by atoms with Crippen molar-refractivity contribution in [2.75, 3.05) is 6.54 Å². The highest BCUT2D eigenvalue weighted by molar-refractivity contribution is 6.58. The molecule has 1 unspecified atom stereocenters. The number of carbonyl (C=O) groups is 1. The summed E-state index contributed by atoms with van der Waals surface area (Å²) in [7, 11) is -2.12. The van der Waals surface area contributed by atoms with E-state index in [1.807, 2.05) is 13.8 Å². The lowest BCUT2D eigenvalue weighted by molar-refractivity contribution is 0.0942. The van der Waals surface area contributed by atoms with Crippen LogP contribution < -0.4 is 10.8 Å². The van der Waals surface area contributed by atoms with Crippen LogP contribution in [-0.2, 0) is 0 Å². The van der Waals surface area contributed by atoms with Gasteiger partial charge >= 0.3 is 7.12 Å². The van der Waals surface area contributed by atoms with Gasteiger partial charge in [-0.1, -0.05) is 26.3 Å². The molecule has 0 fully saturated rings. The van der Waals surface area contributed by atoms with Crippen molar-refractivity contribution in [1.82, 2.24) is 5.32 Å². The highest BCUT2D eigenvalue weighted by Crippen LogP contribution is 2.10. The minimum absolute atomic E-state index is 0.232. The molecule has 19 heavy (non-hydrogen) atoms. The molecule has 1 amide bonds. The molecule has 4 nitrogen and oxygen atoms in total. The number of amides is 1. The summed E-state index contributed by atoms with van der Waals surface area (Å²) in [4.78, 5) is 11.7. The molecule has 0 saturated carbocycles. The van der Waals surface area contributed by atoms with E-state index in [0.29, 0.717) is 6.54 Å². The first-order chi connectivity index (χ1) is 8.88. The Hall–Kier alpha value is -1.47. The molecule has 3 N–H and O–H groups in total. The molecule has 0 saturated heterocycles. The zero-order chi connectivity index (χ0) is 14.6. The summed E-state index contributed by atoms with van der Waals surface area (Å²) in [6.45, 7) is 4.23. The molecular formula is C12H16BF2NO3.